The molecule has 3 amide bonds. The molecule has 2 aromatic carbocycles. The lowest BCUT2D eigenvalue weighted by Crippen LogP contribution is -2.44. The highest BCUT2D eigenvalue weighted by atomic mass is 16.6. The Kier molecular flexibility index (Phi) is 9.21. The van der Waals surface area contributed by atoms with Crippen molar-refractivity contribution in [2.24, 2.45) is 0 Å². The van der Waals surface area contributed by atoms with Crippen molar-refractivity contribution in [2.75, 3.05) is 17.3 Å². The van der Waals surface area contributed by atoms with E-state index in [-0.39, 0.29) is 11.7 Å². The van der Waals surface area contributed by atoms with Gasteiger partial charge in [0.1, 0.15) is 29.1 Å². The molecule has 47 heavy (non-hydrogen) atoms. The second kappa shape index (κ2) is 12.8. The van der Waals surface area contributed by atoms with Crippen LogP contribution in [0.1, 0.15) is 101 Å². The first-order chi connectivity index (χ1) is 22.1. The first kappa shape index (κ1) is 33.7. The largest absolute Gasteiger partial charge is 0.497 e. The van der Waals surface area contributed by atoms with Gasteiger partial charge >= 0.3 is 12.2 Å². The van der Waals surface area contributed by atoms with Crippen LogP contribution in [0.15, 0.2) is 48.8 Å². The van der Waals surface area contributed by atoms with E-state index in [1.807, 2.05) is 43.3 Å². The molecule has 1 N–H and O–H groups in total. The number of aryl methyl sites for hydroxylation is 1. The lowest BCUT2D eigenvalue weighted by molar-refractivity contribution is 0.0383. The normalized spacial score (nSPS) is 15.7. The molecule has 1 aliphatic heterocycles. The third kappa shape index (κ3) is 7.34. The molecule has 2 heterocycles. The molecule has 3 aromatic rings. The van der Waals surface area contributed by atoms with Crippen LogP contribution in [0.4, 0.5) is 26.9 Å². The van der Waals surface area contributed by atoms with Crippen LogP contribution in [0.25, 0.3) is 0 Å². The number of benzene rings is 2. The molecule has 1 aromatic heterocycles. The minimum absolute atomic E-state index is 0.00604. The SMILES string of the molecule is COc1ccc(CN2C(=O)c3c(C)cc(Nc4cc(N(C(=O)OC(C)(C)C)C(=O)OC(C)(C)C)ncn4)cc3C23CCCCC3)cc1. The van der Waals surface area contributed by atoms with E-state index in [1.54, 1.807) is 48.7 Å². The van der Waals surface area contributed by atoms with Crippen LogP contribution in [0.5, 0.6) is 5.75 Å². The number of carbonyl (C=O) groups is 3. The van der Waals surface area contributed by atoms with Gasteiger partial charge in [0.2, 0.25) is 0 Å². The average Bonchev–Trinajstić information content (AvgIpc) is 3.19. The molecular weight excluding hydrogens is 598 g/mol. The summed E-state index contributed by atoms with van der Waals surface area (Å²) in [6.45, 7) is 12.7. The lowest BCUT2D eigenvalue weighted by atomic mass is 9.76. The lowest BCUT2D eigenvalue weighted by Gasteiger charge is -2.42. The summed E-state index contributed by atoms with van der Waals surface area (Å²) in [5.74, 6) is 1.16. The van der Waals surface area contributed by atoms with Gasteiger partial charge in [-0.1, -0.05) is 31.4 Å². The highest BCUT2D eigenvalue weighted by Gasteiger charge is 2.50. The highest BCUT2D eigenvalue weighted by Crippen LogP contribution is 2.51. The van der Waals surface area contributed by atoms with Crippen molar-refractivity contribution in [3.8, 4) is 5.75 Å². The van der Waals surface area contributed by atoms with Crippen molar-refractivity contribution in [1.82, 2.24) is 14.9 Å². The average molecular weight is 644 g/mol. The van der Waals surface area contributed by atoms with E-state index in [1.165, 1.54) is 12.4 Å². The fraction of sp³-hybridized carbons (Fsp3) is 0.472. The Morgan fingerprint density at radius 3 is 2.11 bits per heavy atom. The van der Waals surface area contributed by atoms with E-state index in [9.17, 15) is 14.4 Å². The Hall–Kier alpha value is -4.67. The zero-order valence-corrected chi connectivity index (χ0v) is 28.6. The number of nitrogens with one attached hydrogen (secondary N) is 1. The van der Waals surface area contributed by atoms with Crippen LogP contribution in [-0.2, 0) is 21.6 Å². The maximum absolute atomic E-state index is 14.1. The Morgan fingerprint density at radius 2 is 1.53 bits per heavy atom. The zero-order chi connectivity index (χ0) is 34.1. The number of ether oxygens (including phenoxy) is 3. The third-order valence-corrected chi connectivity index (χ3v) is 8.30. The van der Waals surface area contributed by atoms with Crippen LogP contribution in [0.3, 0.4) is 0 Å². The first-order valence-electron chi connectivity index (χ1n) is 16.1. The maximum atomic E-state index is 14.1. The van der Waals surface area contributed by atoms with Crippen molar-refractivity contribution < 1.29 is 28.6 Å². The minimum atomic E-state index is -0.917. The number of methoxy groups -OCH3 is 1. The number of fused-ring (bicyclic) bond motifs is 2. The Labute approximate surface area is 276 Å². The molecule has 11 nitrogen and oxygen atoms in total. The molecule has 1 fully saturated rings. The van der Waals surface area contributed by atoms with Gasteiger partial charge < -0.3 is 24.4 Å². The number of amides is 3. The number of anilines is 3. The summed E-state index contributed by atoms with van der Waals surface area (Å²) in [4.78, 5) is 51.9. The summed E-state index contributed by atoms with van der Waals surface area (Å²) in [6, 6.07) is 13.3. The number of imide groups is 1. The molecule has 5 rings (SSSR count). The molecule has 11 heteroatoms. The highest BCUT2D eigenvalue weighted by molar-refractivity contribution is 6.09. The fourth-order valence-electron chi connectivity index (χ4n) is 6.36. The quantitative estimate of drug-likeness (QED) is 0.284. The molecule has 0 radical (unpaired) electrons. The monoisotopic (exact) mass is 643 g/mol. The number of aromatic nitrogens is 2. The summed E-state index contributed by atoms with van der Waals surface area (Å²) >= 11 is 0. The summed E-state index contributed by atoms with van der Waals surface area (Å²) in [6.07, 6.45) is 4.38. The second-order valence-electron chi connectivity index (χ2n) is 14.2. The van der Waals surface area contributed by atoms with Gasteiger partial charge in [0.05, 0.1) is 12.6 Å². The number of rotatable bonds is 6. The minimum Gasteiger partial charge on any atom is -0.497 e. The van der Waals surface area contributed by atoms with Crippen molar-refractivity contribution in [1.29, 1.82) is 0 Å². The summed E-state index contributed by atoms with van der Waals surface area (Å²) < 4.78 is 16.4. The van der Waals surface area contributed by atoms with Crippen molar-refractivity contribution in [3.63, 3.8) is 0 Å². The molecule has 250 valence electrons. The second-order valence-corrected chi connectivity index (χ2v) is 14.2. The number of carbonyl (C=O) groups excluding carboxylic acids is 3. The van der Waals surface area contributed by atoms with Gasteiger partial charge in [-0.25, -0.2) is 19.6 Å². The predicted octanol–water partition coefficient (Wildman–Crippen LogP) is 8.03. The van der Waals surface area contributed by atoms with Gasteiger partial charge in [-0.2, -0.15) is 4.90 Å². The van der Waals surface area contributed by atoms with Crippen LogP contribution in [0.2, 0.25) is 0 Å². The van der Waals surface area contributed by atoms with Gasteiger partial charge in [-0.05, 0) is 102 Å². The fourth-order valence-corrected chi connectivity index (χ4v) is 6.36. The van der Waals surface area contributed by atoms with Gasteiger partial charge in [0.25, 0.3) is 5.91 Å². The van der Waals surface area contributed by atoms with Gasteiger partial charge in [-0.15, -0.1) is 0 Å². The van der Waals surface area contributed by atoms with Gasteiger partial charge in [-0.3, -0.25) is 4.79 Å². The molecule has 1 saturated carbocycles. The van der Waals surface area contributed by atoms with Crippen LogP contribution in [0, 0.1) is 6.92 Å². The summed E-state index contributed by atoms with van der Waals surface area (Å²) in [5, 5.41) is 3.33. The molecule has 0 saturated heterocycles. The Bertz CT molecular complexity index is 1620. The van der Waals surface area contributed by atoms with Gasteiger partial charge in [0, 0.05) is 23.9 Å². The first-order valence-corrected chi connectivity index (χ1v) is 16.1. The molecule has 0 bridgehead atoms. The van der Waals surface area contributed by atoms with Crippen molar-refractivity contribution >= 4 is 35.4 Å². The maximum Gasteiger partial charge on any atom is 0.425 e. The molecule has 0 unspecified atom stereocenters. The van der Waals surface area contributed by atoms with E-state index in [4.69, 9.17) is 14.2 Å². The van der Waals surface area contributed by atoms with Crippen LogP contribution in [-0.4, -0.2) is 51.3 Å². The van der Waals surface area contributed by atoms with Crippen LogP contribution < -0.4 is 15.0 Å². The smallest absolute Gasteiger partial charge is 0.425 e. The number of hydrogen-bond acceptors (Lipinski definition) is 9. The van der Waals surface area contributed by atoms with E-state index >= 15 is 0 Å². The molecule has 1 spiro atoms. The third-order valence-electron chi connectivity index (χ3n) is 8.30. The molecular formula is C36H45N5O6. The van der Waals surface area contributed by atoms with E-state index < -0.39 is 28.9 Å². The number of nitrogens with zero attached hydrogens (tertiary/aromatic N) is 4. The Balaban J connectivity index is 1.48. The standard InChI is InChI=1S/C36H45N5O6/c1-23-18-25(39-28-20-29(38-22-37-28)41(32(43)46-34(2,3)4)33(44)47-35(5,6)7)19-27-30(23)31(42)40(36(27)16-10-9-11-17-36)21-24-12-14-26(45-8)15-13-24/h12-15,18-20,22H,9-11,16-17,21H2,1-8H3,(H,37,38,39). The number of hydrogen-bond donors (Lipinski definition) is 1. The molecule has 0 atom stereocenters. The zero-order valence-electron chi connectivity index (χ0n) is 28.6. The predicted molar refractivity (Wildman–Crippen MR) is 179 cm³/mol. The molecule has 2 aliphatic rings. The van der Waals surface area contributed by atoms with E-state index in [0.717, 1.165) is 70.7 Å². The summed E-state index contributed by atoms with van der Waals surface area (Å²) in [5.41, 5.74) is 2.25. The van der Waals surface area contributed by atoms with Crippen LogP contribution >= 0.6 is 0 Å². The van der Waals surface area contributed by atoms with E-state index in [0.29, 0.717) is 12.4 Å². The molecule has 1 aliphatic carbocycles. The topological polar surface area (TPSA) is 123 Å². The summed E-state index contributed by atoms with van der Waals surface area (Å²) in [7, 11) is 1.64. The van der Waals surface area contributed by atoms with Crippen molar-refractivity contribution in [2.45, 2.75) is 104 Å². The van der Waals surface area contributed by atoms with Crippen molar-refractivity contribution in [3.05, 3.63) is 71.0 Å². The van der Waals surface area contributed by atoms with E-state index in [2.05, 4.69) is 20.2 Å². The Morgan fingerprint density at radius 1 is 0.915 bits per heavy atom. The van der Waals surface area contributed by atoms with Gasteiger partial charge in [0.15, 0.2) is 5.82 Å².